The molecule has 2 N–H and O–H groups in total. The Hall–Kier alpha value is -1.84. The first-order valence-electron chi connectivity index (χ1n) is 4.51. The Kier molecular flexibility index (Phi) is 2.44. The second-order valence-corrected chi connectivity index (χ2v) is 3.19. The fourth-order valence-corrected chi connectivity index (χ4v) is 1.28. The lowest BCUT2D eigenvalue weighted by atomic mass is 10.1. The van der Waals surface area contributed by atoms with E-state index in [4.69, 9.17) is 5.73 Å². The van der Waals surface area contributed by atoms with E-state index in [-0.39, 0.29) is 0 Å². The number of hydrogen-bond donors (Lipinski definition) is 1. The molecule has 4 nitrogen and oxygen atoms in total. The molecule has 72 valence electrons. The third-order valence-corrected chi connectivity index (χ3v) is 2.10. The highest BCUT2D eigenvalue weighted by Gasteiger charge is 1.94. The number of benzene rings is 1. The van der Waals surface area contributed by atoms with Crippen LogP contribution in [0.4, 0.5) is 5.69 Å². The van der Waals surface area contributed by atoms with Crippen molar-refractivity contribution in [2.24, 2.45) is 0 Å². The molecule has 0 fully saturated rings. The summed E-state index contributed by atoms with van der Waals surface area (Å²) >= 11 is 0. The standard InChI is InChI=1S/C10H12N4/c11-10-3-1-9(2-4-10)5-6-14-7-12-13-8-14/h1-4,7-8H,5-6,11H2. The van der Waals surface area contributed by atoms with Crippen molar-refractivity contribution in [2.45, 2.75) is 13.0 Å². The number of aryl methyl sites for hydroxylation is 2. The van der Waals surface area contributed by atoms with Gasteiger partial charge in [0.2, 0.25) is 0 Å². The minimum atomic E-state index is 0.804. The van der Waals surface area contributed by atoms with E-state index in [9.17, 15) is 0 Å². The lowest BCUT2D eigenvalue weighted by Gasteiger charge is -2.02. The second-order valence-electron chi connectivity index (χ2n) is 3.19. The molecule has 0 aliphatic rings. The van der Waals surface area contributed by atoms with E-state index in [0.29, 0.717) is 0 Å². The number of rotatable bonds is 3. The van der Waals surface area contributed by atoms with Crippen molar-refractivity contribution in [3.05, 3.63) is 42.5 Å². The molecule has 14 heavy (non-hydrogen) atoms. The van der Waals surface area contributed by atoms with Gasteiger partial charge in [-0.2, -0.15) is 0 Å². The molecular formula is C10H12N4. The maximum atomic E-state index is 5.59. The van der Waals surface area contributed by atoms with Crippen LogP contribution in [0.2, 0.25) is 0 Å². The quantitative estimate of drug-likeness (QED) is 0.734. The highest BCUT2D eigenvalue weighted by atomic mass is 15.2. The maximum Gasteiger partial charge on any atom is 0.119 e. The summed E-state index contributed by atoms with van der Waals surface area (Å²) in [5.74, 6) is 0. The number of nitrogen functional groups attached to an aromatic ring is 1. The fraction of sp³-hybridized carbons (Fsp3) is 0.200. The van der Waals surface area contributed by atoms with Crippen LogP contribution in [0.25, 0.3) is 0 Å². The number of aromatic nitrogens is 3. The van der Waals surface area contributed by atoms with Gasteiger partial charge in [0.15, 0.2) is 0 Å². The van der Waals surface area contributed by atoms with E-state index in [1.807, 2.05) is 28.8 Å². The molecule has 0 saturated heterocycles. The van der Waals surface area contributed by atoms with Gasteiger partial charge in [0.1, 0.15) is 12.7 Å². The number of hydrogen-bond acceptors (Lipinski definition) is 3. The van der Waals surface area contributed by atoms with Gasteiger partial charge in [-0.3, -0.25) is 0 Å². The van der Waals surface area contributed by atoms with Crippen molar-refractivity contribution in [1.29, 1.82) is 0 Å². The molecule has 0 spiro atoms. The van der Waals surface area contributed by atoms with Gasteiger partial charge < -0.3 is 10.3 Å². The van der Waals surface area contributed by atoms with Crippen LogP contribution in [0.3, 0.4) is 0 Å². The Morgan fingerprint density at radius 2 is 1.71 bits per heavy atom. The molecule has 4 heteroatoms. The van der Waals surface area contributed by atoms with Crippen LogP contribution in [0.15, 0.2) is 36.9 Å². The molecule has 0 aliphatic carbocycles. The molecule has 0 amide bonds. The largest absolute Gasteiger partial charge is 0.399 e. The van der Waals surface area contributed by atoms with Crippen molar-refractivity contribution in [2.75, 3.05) is 5.73 Å². The van der Waals surface area contributed by atoms with Crippen LogP contribution in [0.1, 0.15) is 5.56 Å². The topological polar surface area (TPSA) is 56.7 Å². The van der Waals surface area contributed by atoms with Gasteiger partial charge in [-0.05, 0) is 24.1 Å². The van der Waals surface area contributed by atoms with Gasteiger partial charge in [-0.25, -0.2) is 0 Å². The Morgan fingerprint density at radius 1 is 1.07 bits per heavy atom. The summed E-state index contributed by atoms with van der Waals surface area (Å²) < 4.78 is 1.95. The van der Waals surface area contributed by atoms with E-state index in [1.165, 1.54) is 5.56 Å². The van der Waals surface area contributed by atoms with E-state index in [0.717, 1.165) is 18.7 Å². The Morgan fingerprint density at radius 3 is 2.36 bits per heavy atom. The van der Waals surface area contributed by atoms with Crippen LogP contribution in [-0.4, -0.2) is 14.8 Å². The summed E-state index contributed by atoms with van der Waals surface area (Å²) in [5.41, 5.74) is 7.67. The molecule has 0 unspecified atom stereocenters. The van der Waals surface area contributed by atoms with Gasteiger partial charge in [-0.1, -0.05) is 12.1 Å². The monoisotopic (exact) mass is 188 g/mol. The highest BCUT2D eigenvalue weighted by Crippen LogP contribution is 2.06. The number of nitrogens with zero attached hydrogens (tertiary/aromatic N) is 3. The molecule has 0 saturated carbocycles. The first kappa shape index (κ1) is 8.74. The molecule has 0 atom stereocenters. The molecule has 2 rings (SSSR count). The van der Waals surface area contributed by atoms with Crippen molar-refractivity contribution < 1.29 is 0 Å². The van der Waals surface area contributed by atoms with Crippen LogP contribution in [0.5, 0.6) is 0 Å². The smallest absolute Gasteiger partial charge is 0.119 e. The van der Waals surface area contributed by atoms with E-state index in [2.05, 4.69) is 10.2 Å². The molecular weight excluding hydrogens is 176 g/mol. The first-order valence-corrected chi connectivity index (χ1v) is 4.51. The lowest BCUT2D eigenvalue weighted by Crippen LogP contribution is -1.98. The molecule has 1 heterocycles. The van der Waals surface area contributed by atoms with E-state index < -0.39 is 0 Å². The summed E-state index contributed by atoms with van der Waals surface area (Å²) in [4.78, 5) is 0. The third kappa shape index (κ3) is 2.10. The summed E-state index contributed by atoms with van der Waals surface area (Å²) in [6.07, 6.45) is 4.41. The van der Waals surface area contributed by atoms with Crippen LogP contribution in [0, 0.1) is 0 Å². The SMILES string of the molecule is Nc1ccc(CCn2cnnc2)cc1. The van der Waals surface area contributed by atoms with E-state index in [1.54, 1.807) is 12.7 Å². The van der Waals surface area contributed by atoms with Crippen molar-refractivity contribution in [3.8, 4) is 0 Å². The molecule has 1 aromatic carbocycles. The second kappa shape index (κ2) is 3.91. The molecule has 1 aromatic heterocycles. The van der Waals surface area contributed by atoms with Gasteiger partial charge in [0.05, 0.1) is 0 Å². The zero-order chi connectivity index (χ0) is 9.80. The summed E-state index contributed by atoms with van der Waals surface area (Å²) in [5, 5.41) is 7.48. The fourth-order valence-electron chi connectivity index (χ4n) is 1.28. The summed E-state index contributed by atoms with van der Waals surface area (Å²) in [6, 6.07) is 7.92. The van der Waals surface area contributed by atoms with Crippen molar-refractivity contribution >= 4 is 5.69 Å². The van der Waals surface area contributed by atoms with Crippen LogP contribution in [-0.2, 0) is 13.0 Å². The Labute approximate surface area is 82.4 Å². The molecule has 2 aromatic rings. The van der Waals surface area contributed by atoms with Crippen molar-refractivity contribution in [3.63, 3.8) is 0 Å². The average Bonchev–Trinajstić information content (AvgIpc) is 2.70. The van der Waals surface area contributed by atoms with Gasteiger partial charge in [-0.15, -0.1) is 10.2 Å². The predicted molar refractivity (Wildman–Crippen MR) is 54.6 cm³/mol. The molecule has 0 aliphatic heterocycles. The molecule has 0 bridgehead atoms. The molecule has 0 radical (unpaired) electrons. The summed E-state index contributed by atoms with van der Waals surface area (Å²) in [6.45, 7) is 0.900. The Balaban J connectivity index is 1.95. The number of nitrogens with two attached hydrogens (primary N) is 1. The van der Waals surface area contributed by atoms with Gasteiger partial charge >= 0.3 is 0 Å². The van der Waals surface area contributed by atoms with Gasteiger partial charge in [0, 0.05) is 12.2 Å². The normalized spacial score (nSPS) is 10.3. The van der Waals surface area contributed by atoms with E-state index >= 15 is 0 Å². The minimum absolute atomic E-state index is 0.804. The number of anilines is 1. The minimum Gasteiger partial charge on any atom is -0.399 e. The lowest BCUT2D eigenvalue weighted by molar-refractivity contribution is 0.693. The predicted octanol–water partition coefficient (Wildman–Crippen LogP) is 1.10. The van der Waals surface area contributed by atoms with Gasteiger partial charge in [0.25, 0.3) is 0 Å². The Bertz CT molecular complexity index is 377. The zero-order valence-corrected chi connectivity index (χ0v) is 7.80. The van der Waals surface area contributed by atoms with Crippen molar-refractivity contribution in [1.82, 2.24) is 14.8 Å². The first-order chi connectivity index (χ1) is 6.84. The average molecular weight is 188 g/mol. The third-order valence-electron chi connectivity index (χ3n) is 2.10. The van der Waals surface area contributed by atoms with Crippen LogP contribution >= 0.6 is 0 Å². The maximum absolute atomic E-state index is 5.59. The highest BCUT2D eigenvalue weighted by molar-refractivity contribution is 5.39. The zero-order valence-electron chi connectivity index (χ0n) is 7.80. The summed E-state index contributed by atoms with van der Waals surface area (Å²) in [7, 11) is 0. The van der Waals surface area contributed by atoms with Crippen LogP contribution < -0.4 is 5.73 Å².